The second-order valence-corrected chi connectivity index (χ2v) is 14.7. The van der Waals surface area contributed by atoms with Crippen LogP contribution >= 0.6 is 11.8 Å². The van der Waals surface area contributed by atoms with Crippen molar-refractivity contribution in [3.8, 4) is 0 Å². The molecule has 7 nitrogen and oxygen atoms in total. The number of ether oxygens (including phenoxy) is 1. The van der Waals surface area contributed by atoms with Gasteiger partial charge in [0.1, 0.15) is 6.04 Å². The molecule has 3 aliphatic rings. The molecule has 2 amide bonds. The number of fused-ring (bicyclic) bond motifs is 2. The second kappa shape index (κ2) is 13.1. The molecule has 3 saturated heterocycles. The fourth-order valence-electron chi connectivity index (χ4n) is 7.77. The molecule has 236 valence electrons. The van der Waals surface area contributed by atoms with E-state index in [0.29, 0.717) is 19.4 Å². The highest BCUT2D eigenvalue weighted by Gasteiger charge is 2.78. The van der Waals surface area contributed by atoms with E-state index in [9.17, 15) is 14.7 Å². The van der Waals surface area contributed by atoms with Gasteiger partial charge in [0.15, 0.2) is 0 Å². The van der Waals surface area contributed by atoms with Crippen molar-refractivity contribution in [3.63, 3.8) is 0 Å². The third-order valence-corrected chi connectivity index (χ3v) is 12.2. The first kappa shape index (κ1) is 32.3. The summed E-state index contributed by atoms with van der Waals surface area (Å²) < 4.78 is 4.50. The molecule has 3 aliphatic heterocycles. The van der Waals surface area contributed by atoms with Gasteiger partial charge in [-0.2, -0.15) is 0 Å². The van der Waals surface area contributed by atoms with Gasteiger partial charge in [-0.05, 0) is 67.9 Å². The summed E-state index contributed by atoms with van der Waals surface area (Å²) in [5, 5.41) is 12.8. The minimum atomic E-state index is -0.838. The maximum absolute atomic E-state index is 15.0. The molecule has 0 radical (unpaired) electrons. The lowest BCUT2D eigenvalue weighted by Gasteiger charge is -2.41. The Bertz CT molecular complexity index is 1430. The van der Waals surface area contributed by atoms with Gasteiger partial charge in [0, 0.05) is 17.0 Å². The molecule has 8 heteroatoms. The lowest BCUT2D eigenvalue weighted by molar-refractivity contribution is -0.156. The molecule has 44 heavy (non-hydrogen) atoms. The first-order valence-corrected chi connectivity index (χ1v) is 16.8. The van der Waals surface area contributed by atoms with Gasteiger partial charge in [-0.15, -0.1) is 24.9 Å². The van der Waals surface area contributed by atoms with Crippen molar-refractivity contribution < 1.29 is 24.2 Å². The van der Waals surface area contributed by atoms with Crippen LogP contribution in [0.4, 0.5) is 5.69 Å². The lowest BCUT2D eigenvalue weighted by atomic mass is 9.66. The first-order valence-electron chi connectivity index (χ1n) is 16.0. The smallest absolute Gasteiger partial charge is 0.311 e. The van der Waals surface area contributed by atoms with Gasteiger partial charge in [-0.25, -0.2) is 0 Å². The normalized spacial score (nSPS) is 28.5. The average molecular weight is 619 g/mol. The highest BCUT2D eigenvalue weighted by atomic mass is 32.2. The number of nitrogens with zero attached hydrogens (tertiary/aromatic N) is 2. The van der Waals surface area contributed by atoms with Gasteiger partial charge in [0.2, 0.25) is 5.91 Å². The molecule has 2 aromatic rings. The number of carbonyl (C=O) groups excluding carboxylic acids is 3. The van der Waals surface area contributed by atoms with E-state index in [1.165, 1.54) is 0 Å². The predicted octanol–water partition coefficient (Wildman–Crippen LogP) is 6.15. The first-order chi connectivity index (χ1) is 21.2. The van der Waals surface area contributed by atoms with Crippen LogP contribution in [0.5, 0.6) is 0 Å². The van der Waals surface area contributed by atoms with Crippen LogP contribution in [-0.2, 0) is 19.1 Å². The fourth-order valence-corrected chi connectivity index (χ4v) is 10.1. The Kier molecular flexibility index (Phi) is 9.61. The Morgan fingerprint density at radius 3 is 2.59 bits per heavy atom. The topological polar surface area (TPSA) is 87.1 Å². The Morgan fingerprint density at radius 1 is 1.16 bits per heavy atom. The Morgan fingerprint density at radius 2 is 1.91 bits per heavy atom. The molecule has 0 aliphatic carbocycles. The number of anilines is 1. The molecule has 5 rings (SSSR count). The second-order valence-electron chi connectivity index (χ2n) is 12.8. The van der Waals surface area contributed by atoms with Crippen molar-refractivity contribution in [3.05, 3.63) is 67.8 Å². The minimum Gasteiger partial charge on any atom is -0.465 e. The number of likely N-dealkylation sites (tertiary alicyclic amines) is 1. The third kappa shape index (κ3) is 5.38. The van der Waals surface area contributed by atoms with E-state index < -0.39 is 33.4 Å². The quantitative estimate of drug-likeness (QED) is 0.155. The minimum absolute atomic E-state index is 0.0453. The predicted molar refractivity (Wildman–Crippen MR) is 177 cm³/mol. The number of rotatable bonds is 14. The number of aliphatic hydroxyl groups is 1. The summed E-state index contributed by atoms with van der Waals surface area (Å²) >= 11 is 1.63. The van der Waals surface area contributed by atoms with Crippen LogP contribution in [0.25, 0.3) is 10.8 Å². The van der Waals surface area contributed by atoms with Crippen molar-refractivity contribution in [1.82, 2.24) is 4.90 Å². The molecule has 1 N–H and O–H groups in total. The fraction of sp³-hybridized carbons (Fsp3) is 0.528. The average Bonchev–Trinajstić information content (AvgIpc) is 3.60. The number of hydrogen-bond acceptors (Lipinski definition) is 6. The standard InChI is InChI=1S/C36H46N2O5S/c1-6-9-10-13-21-43-34(42)30-29-32(40)38(28(23-39)24(4)8-3)31(36(29)19-18-35(30,5)44-36)33(41)37(20-7-2)27-17-16-25-14-11-12-15-26(25)22-27/h6-7,11-12,14-17,22,24,28-31,39H,1-2,8-10,13,18-21,23H2,3-5H3/t24-,28-,29-,30+,31?,35-,36?/m0/s1. The Labute approximate surface area is 265 Å². The van der Waals surface area contributed by atoms with Gasteiger partial charge in [-0.3, -0.25) is 14.4 Å². The molecular formula is C36H46N2O5S. The summed E-state index contributed by atoms with van der Waals surface area (Å²) in [5.74, 6) is -2.17. The van der Waals surface area contributed by atoms with Gasteiger partial charge in [0.05, 0.1) is 35.8 Å². The van der Waals surface area contributed by atoms with Crippen LogP contribution in [-0.4, -0.2) is 69.1 Å². The summed E-state index contributed by atoms with van der Waals surface area (Å²) in [4.78, 5) is 46.8. The molecule has 7 atom stereocenters. The molecule has 0 saturated carbocycles. The van der Waals surface area contributed by atoms with Crippen molar-refractivity contribution in [2.75, 3.05) is 24.7 Å². The number of carbonyl (C=O) groups is 3. The number of amides is 2. The van der Waals surface area contributed by atoms with E-state index in [1.807, 2.05) is 62.4 Å². The van der Waals surface area contributed by atoms with Crippen LogP contribution < -0.4 is 4.90 Å². The van der Waals surface area contributed by atoms with Gasteiger partial charge in [-0.1, -0.05) is 62.8 Å². The van der Waals surface area contributed by atoms with Crippen LogP contribution in [0, 0.1) is 17.8 Å². The highest BCUT2D eigenvalue weighted by Crippen LogP contribution is 2.72. The number of aliphatic hydroxyl groups excluding tert-OH is 1. The van der Waals surface area contributed by atoms with E-state index in [-0.39, 0.29) is 36.9 Å². The van der Waals surface area contributed by atoms with Crippen LogP contribution in [0.15, 0.2) is 67.8 Å². The number of hydrogen-bond donors (Lipinski definition) is 1. The van der Waals surface area contributed by atoms with Crippen LogP contribution in [0.2, 0.25) is 0 Å². The molecule has 1 spiro atoms. The SMILES string of the molecule is C=CCCCCOC(=O)[C@H]1[C@H]2C(=O)N([C@@H](CO)[C@@H](C)CC)C(C(=O)N(CC=C)c3ccc4ccccc4c3)C23CC[C@]1(C)S3. The summed E-state index contributed by atoms with van der Waals surface area (Å²) in [5.41, 5.74) is 0.726. The maximum Gasteiger partial charge on any atom is 0.311 e. The monoisotopic (exact) mass is 618 g/mol. The Hall–Kier alpha value is -3.10. The van der Waals surface area contributed by atoms with Gasteiger partial charge >= 0.3 is 5.97 Å². The zero-order valence-electron chi connectivity index (χ0n) is 26.2. The molecule has 2 unspecified atom stereocenters. The van der Waals surface area contributed by atoms with Crippen molar-refractivity contribution in [2.45, 2.75) is 80.9 Å². The molecule has 2 aromatic carbocycles. The number of unbranched alkanes of at least 4 members (excludes halogenated alkanes) is 2. The van der Waals surface area contributed by atoms with E-state index in [4.69, 9.17) is 4.74 Å². The molecule has 0 aromatic heterocycles. The summed E-state index contributed by atoms with van der Waals surface area (Å²) in [6.45, 7) is 14.1. The zero-order chi connectivity index (χ0) is 31.6. The highest BCUT2D eigenvalue weighted by molar-refractivity contribution is 8.02. The van der Waals surface area contributed by atoms with Crippen molar-refractivity contribution in [1.29, 1.82) is 0 Å². The largest absolute Gasteiger partial charge is 0.465 e. The number of benzene rings is 2. The summed E-state index contributed by atoms with van der Waals surface area (Å²) in [7, 11) is 0. The van der Waals surface area contributed by atoms with Crippen LogP contribution in [0.1, 0.15) is 59.3 Å². The van der Waals surface area contributed by atoms with Crippen molar-refractivity contribution in [2.24, 2.45) is 17.8 Å². The maximum atomic E-state index is 15.0. The number of esters is 1. The van der Waals surface area contributed by atoms with E-state index in [2.05, 4.69) is 20.1 Å². The van der Waals surface area contributed by atoms with Gasteiger partial charge < -0.3 is 19.6 Å². The van der Waals surface area contributed by atoms with Crippen molar-refractivity contribution >= 4 is 46.0 Å². The lowest BCUT2D eigenvalue weighted by Crippen LogP contribution is -2.58. The molecule has 3 fully saturated rings. The summed E-state index contributed by atoms with van der Waals surface area (Å²) in [6, 6.07) is 12.5. The van der Waals surface area contributed by atoms with Crippen LogP contribution in [0.3, 0.4) is 0 Å². The van der Waals surface area contributed by atoms with E-state index in [1.54, 1.807) is 27.6 Å². The van der Waals surface area contributed by atoms with E-state index >= 15 is 4.79 Å². The molecule has 3 heterocycles. The Balaban J connectivity index is 1.57. The third-order valence-electron chi connectivity index (χ3n) is 10.2. The number of thioether (sulfide) groups is 1. The molecule has 2 bridgehead atoms. The van der Waals surface area contributed by atoms with Gasteiger partial charge in [0.25, 0.3) is 5.91 Å². The summed E-state index contributed by atoms with van der Waals surface area (Å²) in [6.07, 6.45) is 8.10. The van der Waals surface area contributed by atoms with E-state index in [0.717, 1.165) is 42.1 Å². The molecular weight excluding hydrogens is 572 g/mol. The number of allylic oxidation sites excluding steroid dienone is 1. The zero-order valence-corrected chi connectivity index (χ0v) is 27.1.